The van der Waals surface area contributed by atoms with Crippen LogP contribution in [0.4, 0.5) is 5.69 Å². The molecule has 17 heavy (non-hydrogen) atoms. The second kappa shape index (κ2) is 6.25. The minimum absolute atomic E-state index is 0.00260. The predicted molar refractivity (Wildman–Crippen MR) is 69.3 cm³/mol. The molecule has 0 radical (unpaired) electrons. The summed E-state index contributed by atoms with van der Waals surface area (Å²) >= 11 is 0. The molecule has 0 heterocycles. The van der Waals surface area contributed by atoms with E-state index in [2.05, 4.69) is 19.1 Å². The van der Waals surface area contributed by atoms with Gasteiger partial charge in [0.15, 0.2) is 0 Å². The van der Waals surface area contributed by atoms with Gasteiger partial charge in [-0.2, -0.15) is 0 Å². The van der Waals surface area contributed by atoms with Crippen LogP contribution >= 0.6 is 0 Å². The molecule has 1 aromatic rings. The van der Waals surface area contributed by atoms with Crippen molar-refractivity contribution in [1.82, 2.24) is 0 Å². The summed E-state index contributed by atoms with van der Waals surface area (Å²) in [6.07, 6.45) is 1.01. The Morgan fingerprint density at radius 2 is 2.00 bits per heavy atom. The van der Waals surface area contributed by atoms with Gasteiger partial charge in [0.2, 0.25) is 0 Å². The summed E-state index contributed by atoms with van der Waals surface area (Å²) in [6, 6.07) is 7.88. The van der Waals surface area contributed by atoms with Crippen LogP contribution in [-0.4, -0.2) is 30.7 Å². The van der Waals surface area contributed by atoms with Crippen molar-refractivity contribution >= 4 is 11.7 Å². The van der Waals surface area contributed by atoms with Crippen molar-refractivity contribution in [3.8, 4) is 0 Å². The molecular formula is C13H20N2O2. The molecule has 94 valence electrons. The first-order chi connectivity index (χ1) is 8.02. The minimum Gasteiger partial charge on any atom is -0.481 e. The molecule has 0 saturated heterocycles. The van der Waals surface area contributed by atoms with Gasteiger partial charge in [0, 0.05) is 25.3 Å². The highest BCUT2D eigenvalue weighted by atomic mass is 16.4. The predicted octanol–water partition coefficient (Wildman–Crippen LogP) is 1.49. The lowest BCUT2D eigenvalue weighted by molar-refractivity contribution is -0.137. The summed E-state index contributed by atoms with van der Waals surface area (Å²) in [5, 5.41) is 8.64. The van der Waals surface area contributed by atoms with Gasteiger partial charge in [-0.3, -0.25) is 4.79 Å². The molecule has 3 N–H and O–H groups in total. The topological polar surface area (TPSA) is 66.6 Å². The molecule has 0 aliphatic carbocycles. The number of nitrogens with two attached hydrogens (primary N) is 1. The molecule has 1 unspecified atom stereocenters. The van der Waals surface area contributed by atoms with Crippen molar-refractivity contribution in [2.75, 3.05) is 18.5 Å². The van der Waals surface area contributed by atoms with E-state index < -0.39 is 5.97 Å². The number of anilines is 1. The van der Waals surface area contributed by atoms with Crippen LogP contribution in [0.1, 0.15) is 18.9 Å². The maximum Gasteiger partial charge on any atom is 0.304 e. The molecule has 0 bridgehead atoms. The van der Waals surface area contributed by atoms with E-state index in [9.17, 15) is 4.79 Å². The number of nitrogens with zero attached hydrogens (tertiary/aromatic N) is 1. The van der Waals surface area contributed by atoms with Gasteiger partial charge in [0.1, 0.15) is 0 Å². The summed E-state index contributed by atoms with van der Waals surface area (Å²) in [4.78, 5) is 12.5. The molecule has 4 heteroatoms. The largest absolute Gasteiger partial charge is 0.481 e. The zero-order valence-electron chi connectivity index (χ0n) is 10.4. The van der Waals surface area contributed by atoms with E-state index in [1.807, 2.05) is 24.1 Å². The Morgan fingerprint density at radius 1 is 1.41 bits per heavy atom. The quantitative estimate of drug-likeness (QED) is 0.785. The lowest BCUT2D eigenvalue weighted by Crippen LogP contribution is -2.36. The summed E-state index contributed by atoms with van der Waals surface area (Å²) in [6.45, 7) is 2.65. The van der Waals surface area contributed by atoms with Crippen molar-refractivity contribution in [3.63, 3.8) is 0 Å². The number of rotatable bonds is 6. The third-order valence-electron chi connectivity index (χ3n) is 2.73. The lowest BCUT2D eigenvalue weighted by Gasteiger charge is -2.22. The van der Waals surface area contributed by atoms with Crippen LogP contribution in [0.2, 0.25) is 0 Å². The molecule has 4 nitrogen and oxygen atoms in total. The number of benzene rings is 1. The number of carbonyl (C=O) groups is 1. The zero-order valence-corrected chi connectivity index (χ0v) is 10.4. The second-order valence-electron chi connectivity index (χ2n) is 4.26. The molecule has 0 fully saturated rings. The van der Waals surface area contributed by atoms with Crippen molar-refractivity contribution < 1.29 is 9.90 Å². The van der Waals surface area contributed by atoms with Crippen LogP contribution in [0.3, 0.4) is 0 Å². The molecule has 0 spiro atoms. The Morgan fingerprint density at radius 3 is 2.47 bits per heavy atom. The van der Waals surface area contributed by atoms with Gasteiger partial charge in [0.25, 0.3) is 0 Å². The molecule has 1 atom stereocenters. The van der Waals surface area contributed by atoms with Crippen LogP contribution in [0.5, 0.6) is 0 Å². The zero-order chi connectivity index (χ0) is 12.8. The van der Waals surface area contributed by atoms with Gasteiger partial charge in [0.05, 0.1) is 6.42 Å². The van der Waals surface area contributed by atoms with E-state index in [1.165, 1.54) is 5.56 Å². The van der Waals surface area contributed by atoms with Gasteiger partial charge < -0.3 is 15.7 Å². The number of aliphatic carboxylic acids is 1. The van der Waals surface area contributed by atoms with Crippen molar-refractivity contribution in [2.45, 2.75) is 25.8 Å². The summed E-state index contributed by atoms with van der Waals surface area (Å²) in [5.74, 6) is -0.854. The van der Waals surface area contributed by atoms with Gasteiger partial charge in [-0.1, -0.05) is 19.1 Å². The first-order valence-electron chi connectivity index (χ1n) is 5.80. The monoisotopic (exact) mass is 236 g/mol. The average molecular weight is 236 g/mol. The van der Waals surface area contributed by atoms with E-state index in [0.29, 0.717) is 6.54 Å². The summed E-state index contributed by atoms with van der Waals surface area (Å²) < 4.78 is 0. The van der Waals surface area contributed by atoms with Gasteiger partial charge >= 0.3 is 5.97 Å². The SMILES string of the molecule is CCc1ccc(N(C)CC(N)CC(=O)O)cc1. The number of carboxylic acid groups (broad SMARTS) is 1. The highest BCUT2D eigenvalue weighted by molar-refractivity contribution is 5.67. The normalized spacial score (nSPS) is 12.2. The van der Waals surface area contributed by atoms with Crippen LogP contribution in [0.15, 0.2) is 24.3 Å². The fourth-order valence-electron chi connectivity index (χ4n) is 1.73. The molecule has 0 aliphatic heterocycles. The number of carboxylic acids is 1. The van der Waals surface area contributed by atoms with Crippen LogP contribution in [0, 0.1) is 0 Å². The van der Waals surface area contributed by atoms with E-state index in [4.69, 9.17) is 10.8 Å². The third-order valence-corrected chi connectivity index (χ3v) is 2.73. The van der Waals surface area contributed by atoms with Gasteiger partial charge in [-0.25, -0.2) is 0 Å². The first-order valence-corrected chi connectivity index (χ1v) is 5.80. The van der Waals surface area contributed by atoms with E-state index in [0.717, 1.165) is 12.1 Å². The molecule has 0 aromatic heterocycles. The Bertz CT molecular complexity index is 362. The minimum atomic E-state index is -0.854. The fourth-order valence-corrected chi connectivity index (χ4v) is 1.73. The average Bonchev–Trinajstić information content (AvgIpc) is 2.28. The molecule has 1 aromatic carbocycles. The second-order valence-corrected chi connectivity index (χ2v) is 4.26. The number of aryl methyl sites for hydroxylation is 1. The van der Waals surface area contributed by atoms with Crippen molar-refractivity contribution in [2.24, 2.45) is 5.73 Å². The van der Waals surface area contributed by atoms with E-state index in [1.54, 1.807) is 0 Å². The molecule has 0 saturated carbocycles. The third kappa shape index (κ3) is 4.44. The van der Waals surface area contributed by atoms with Crippen LogP contribution in [-0.2, 0) is 11.2 Å². The molecule has 0 aliphatic rings. The van der Waals surface area contributed by atoms with E-state index >= 15 is 0 Å². The highest BCUT2D eigenvalue weighted by Crippen LogP contribution is 2.14. The smallest absolute Gasteiger partial charge is 0.304 e. The Labute approximate surface area is 102 Å². The highest BCUT2D eigenvalue weighted by Gasteiger charge is 2.11. The Balaban J connectivity index is 2.56. The summed E-state index contributed by atoms with van der Waals surface area (Å²) in [7, 11) is 1.92. The lowest BCUT2D eigenvalue weighted by atomic mass is 10.1. The number of hydrogen-bond donors (Lipinski definition) is 2. The maximum atomic E-state index is 10.5. The first kappa shape index (κ1) is 13.5. The number of hydrogen-bond acceptors (Lipinski definition) is 3. The van der Waals surface area contributed by atoms with Crippen molar-refractivity contribution in [1.29, 1.82) is 0 Å². The van der Waals surface area contributed by atoms with Gasteiger partial charge in [-0.05, 0) is 24.1 Å². The van der Waals surface area contributed by atoms with E-state index in [-0.39, 0.29) is 12.5 Å². The fraction of sp³-hybridized carbons (Fsp3) is 0.462. The summed E-state index contributed by atoms with van der Waals surface area (Å²) in [5.41, 5.74) is 8.09. The molecular weight excluding hydrogens is 216 g/mol. The van der Waals surface area contributed by atoms with Gasteiger partial charge in [-0.15, -0.1) is 0 Å². The number of likely N-dealkylation sites (N-methyl/N-ethyl adjacent to an activating group) is 1. The standard InChI is InChI=1S/C13H20N2O2/c1-3-10-4-6-12(7-5-10)15(2)9-11(14)8-13(16)17/h4-7,11H,3,8-9,14H2,1-2H3,(H,16,17). The Hall–Kier alpha value is -1.55. The maximum absolute atomic E-state index is 10.5. The molecule has 0 amide bonds. The Kier molecular flexibility index (Phi) is 4.97. The van der Waals surface area contributed by atoms with Crippen LogP contribution < -0.4 is 10.6 Å². The van der Waals surface area contributed by atoms with Crippen molar-refractivity contribution in [3.05, 3.63) is 29.8 Å². The van der Waals surface area contributed by atoms with Crippen LogP contribution in [0.25, 0.3) is 0 Å². The molecule has 1 rings (SSSR count).